The molecule has 108 valence electrons. The molecule has 0 saturated carbocycles. The number of rotatable bonds is 6. The van der Waals surface area contributed by atoms with E-state index < -0.39 is 10.0 Å². The molecule has 0 spiro atoms. The third-order valence-electron chi connectivity index (χ3n) is 3.20. The lowest BCUT2D eigenvalue weighted by Gasteiger charge is -2.30. The summed E-state index contributed by atoms with van der Waals surface area (Å²) in [5.41, 5.74) is 5.40. The fourth-order valence-electron chi connectivity index (χ4n) is 2.10. The Labute approximate surface area is 113 Å². The molecule has 3 N–H and O–H groups in total. The molecule has 1 aliphatic rings. The van der Waals surface area contributed by atoms with Gasteiger partial charge >= 0.3 is 0 Å². The molecule has 0 aromatic carbocycles. The molecule has 0 aliphatic carbocycles. The lowest BCUT2D eigenvalue weighted by atomic mass is 10.1. The summed E-state index contributed by atoms with van der Waals surface area (Å²) >= 11 is 0. The molecule has 1 saturated heterocycles. The van der Waals surface area contributed by atoms with Gasteiger partial charge in [-0.05, 0) is 31.9 Å². The Morgan fingerprint density at radius 3 is 2.79 bits per heavy atom. The smallest absolute Gasteiger partial charge is 0.259 e. The van der Waals surface area contributed by atoms with Gasteiger partial charge in [0.15, 0.2) is 5.03 Å². The van der Waals surface area contributed by atoms with Crippen molar-refractivity contribution in [2.75, 3.05) is 26.2 Å². The van der Waals surface area contributed by atoms with Gasteiger partial charge in [-0.15, -0.1) is 0 Å². The van der Waals surface area contributed by atoms with Gasteiger partial charge in [0.05, 0.1) is 12.3 Å². The van der Waals surface area contributed by atoms with Gasteiger partial charge in [-0.3, -0.25) is 5.10 Å². The first-order valence-electron chi connectivity index (χ1n) is 6.46. The SMILES string of the molecule is NCCCOC1CCN(S(=O)(=O)c2ccn[nH]2)CC1. The van der Waals surface area contributed by atoms with Crippen LogP contribution in [-0.2, 0) is 14.8 Å². The largest absolute Gasteiger partial charge is 0.378 e. The lowest BCUT2D eigenvalue weighted by Crippen LogP contribution is -2.41. The number of hydrogen-bond donors (Lipinski definition) is 2. The average molecular weight is 288 g/mol. The van der Waals surface area contributed by atoms with Crippen molar-refractivity contribution in [2.24, 2.45) is 5.73 Å². The number of ether oxygens (including phenoxy) is 1. The minimum absolute atomic E-state index is 0.139. The second-order valence-corrected chi connectivity index (χ2v) is 6.44. The highest BCUT2D eigenvalue weighted by Gasteiger charge is 2.30. The van der Waals surface area contributed by atoms with E-state index in [1.54, 1.807) is 0 Å². The summed E-state index contributed by atoms with van der Waals surface area (Å²) < 4.78 is 31.6. The van der Waals surface area contributed by atoms with Crippen LogP contribution < -0.4 is 5.73 Å². The van der Waals surface area contributed by atoms with Gasteiger partial charge in [-0.25, -0.2) is 8.42 Å². The van der Waals surface area contributed by atoms with Crippen LogP contribution in [0.15, 0.2) is 17.3 Å². The summed E-state index contributed by atoms with van der Waals surface area (Å²) in [4.78, 5) is 0. The van der Waals surface area contributed by atoms with Crippen LogP contribution in [0, 0.1) is 0 Å². The summed E-state index contributed by atoms with van der Waals surface area (Å²) in [5.74, 6) is 0. The number of piperidine rings is 1. The van der Waals surface area contributed by atoms with Crippen LogP contribution in [0.5, 0.6) is 0 Å². The van der Waals surface area contributed by atoms with E-state index >= 15 is 0 Å². The molecule has 8 heteroatoms. The molecule has 0 bridgehead atoms. The quantitative estimate of drug-likeness (QED) is 0.713. The second-order valence-electron chi connectivity index (χ2n) is 4.54. The van der Waals surface area contributed by atoms with Gasteiger partial charge in [0.25, 0.3) is 10.0 Å². The molecular formula is C11H20N4O3S. The van der Waals surface area contributed by atoms with Gasteiger partial charge < -0.3 is 10.5 Å². The van der Waals surface area contributed by atoms with Crippen molar-refractivity contribution in [3.05, 3.63) is 12.3 Å². The Balaban J connectivity index is 1.86. The maximum atomic E-state index is 12.2. The molecule has 0 atom stereocenters. The highest BCUT2D eigenvalue weighted by Crippen LogP contribution is 2.20. The monoisotopic (exact) mass is 288 g/mol. The zero-order valence-electron chi connectivity index (χ0n) is 10.8. The normalized spacial score (nSPS) is 18.8. The van der Waals surface area contributed by atoms with Crippen molar-refractivity contribution in [1.29, 1.82) is 0 Å². The zero-order valence-corrected chi connectivity index (χ0v) is 11.6. The van der Waals surface area contributed by atoms with Crippen molar-refractivity contribution in [3.8, 4) is 0 Å². The lowest BCUT2D eigenvalue weighted by molar-refractivity contribution is 0.0208. The van der Waals surface area contributed by atoms with Crippen molar-refractivity contribution in [1.82, 2.24) is 14.5 Å². The molecule has 1 aliphatic heterocycles. The number of sulfonamides is 1. The highest BCUT2D eigenvalue weighted by atomic mass is 32.2. The van der Waals surface area contributed by atoms with Crippen LogP contribution in [0.1, 0.15) is 19.3 Å². The number of hydrogen-bond acceptors (Lipinski definition) is 5. The number of nitrogens with one attached hydrogen (secondary N) is 1. The molecule has 0 radical (unpaired) electrons. The predicted molar refractivity (Wildman–Crippen MR) is 70.0 cm³/mol. The summed E-state index contributed by atoms with van der Waals surface area (Å²) in [6.45, 7) is 2.23. The molecular weight excluding hydrogens is 268 g/mol. The van der Waals surface area contributed by atoms with Gasteiger partial charge in [-0.2, -0.15) is 9.40 Å². The summed E-state index contributed by atoms with van der Waals surface area (Å²) in [7, 11) is -3.43. The maximum Gasteiger partial charge on any atom is 0.259 e. The number of aromatic nitrogens is 2. The van der Waals surface area contributed by atoms with Gasteiger partial charge in [-0.1, -0.05) is 0 Å². The fraction of sp³-hybridized carbons (Fsp3) is 0.727. The first-order chi connectivity index (χ1) is 9.14. The first kappa shape index (κ1) is 14.4. The van der Waals surface area contributed by atoms with Crippen molar-refractivity contribution in [3.63, 3.8) is 0 Å². The third kappa shape index (κ3) is 3.53. The first-order valence-corrected chi connectivity index (χ1v) is 7.90. The Hall–Kier alpha value is -0.960. The Bertz CT molecular complexity index is 466. The summed E-state index contributed by atoms with van der Waals surface area (Å²) in [6, 6.07) is 1.47. The van der Waals surface area contributed by atoms with E-state index in [0.717, 1.165) is 19.3 Å². The molecule has 1 aromatic heterocycles. The van der Waals surface area contributed by atoms with E-state index in [1.807, 2.05) is 0 Å². The zero-order chi connectivity index (χ0) is 13.7. The van der Waals surface area contributed by atoms with E-state index in [0.29, 0.717) is 26.2 Å². The Kier molecular flexibility index (Phi) is 4.92. The highest BCUT2D eigenvalue weighted by molar-refractivity contribution is 7.89. The van der Waals surface area contributed by atoms with Crippen LogP contribution in [-0.4, -0.2) is 55.3 Å². The third-order valence-corrected chi connectivity index (χ3v) is 5.02. The van der Waals surface area contributed by atoms with Gasteiger partial charge in [0.1, 0.15) is 0 Å². The predicted octanol–water partition coefficient (Wildman–Crippen LogP) is -0.0718. The number of nitrogens with two attached hydrogens (primary N) is 1. The number of aromatic amines is 1. The Morgan fingerprint density at radius 1 is 1.47 bits per heavy atom. The van der Waals surface area contributed by atoms with Crippen molar-refractivity contribution < 1.29 is 13.2 Å². The standard InChI is InChI=1S/C11H20N4O3S/c12-5-1-9-18-10-3-7-15(8-4-10)19(16,17)11-2-6-13-14-11/h2,6,10H,1,3-5,7-9,12H2,(H,13,14). The molecule has 7 nitrogen and oxygen atoms in total. The second kappa shape index (κ2) is 6.47. The van der Waals surface area contributed by atoms with Crippen molar-refractivity contribution >= 4 is 10.0 Å². The minimum Gasteiger partial charge on any atom is -0.378 e. The molecule has 19 heavy (non-hydrogen) atoms. The topological polar surface area (TPSA) is 101 Å². The van der Waals surface area contributed by atoms with Gasteiger partial charge in [0.2, 0.25) is 0 Å². The van der Waals surface area contributed by atoms with E-state index in [2.05, 4.69) is 10.2 Å². The minimum atomic E-state index is -3.43. The van der Waals surface area contributed by atoms with Crippen LogP contribution >= 0.6 is 0 Å². The molecule has 1 fully saturated rings. The van der Waals surface area contributed by atoms with E-state index in [1.165, 1.54) is 16.6 Å². The van der Waals surface area contributed by atoms with E-state index in [4.69, 9.17) is 10.5 Å². The van der Waals surface area contributed by atoms with Crippen LogP contribution in [0.25, 0.3) is 0 Å². The Morgan fingerprint density at radius 2 is 2.21 bits per heavy atom. The van der Waals surface area contributed by atoms with Gasteiger partial charge in [0, 0.05) is 19.7 Å². The van der Waals surface area contributed by atoms with Crippen LogP contribution in [0.4, 0.5) is 0 Å². The molecule has 1 aromatic rings. The van der Waals surface area contributed by atoms with Crippen molar-refractivity contribution in [2.45, 2.75) is 30.4 Å². The van der Waals surface area contributed by atoms with Crippen LogP contribution in [0.3, 0.4) is 0 Å². The number of H-pyrrole nitrogens is 1. The van der Waals surface area contributed by atoms with E-state index in [-0.39, 0.29) is 11.1 Å². The summed E-state index contributed by atoms with van der Waals surface area (Å²) in [5, 5.41) is 6.33. The molecule has 2 rings (SSSR count). The average Bonchev–Trinajstić information content (AvgIpc) is 2.94. The maximum absolute atomic E-state index is 12.2. The summed E-state index contributed by atoms with van der Waals surface area (Å²) in [6.07, 6.45) is 3.86. The number of nitrogens with zero attached hydrogens (tertiary/aromatic N) is 2. The fourth-order valence-corrected chi connectivity index (χ4v) is 3.47. The molecule has 2 heterocycles. The van der Waals surface area contributed by atoms with Crippen LogP contribution in [0.2, 0.25) is 0 Å². The molecule has 0 unspecified atom stereocenters. The molecule has 0 amide bonds. The van der Waals surface area contributed by atoms with E-state index in [9.17, 15) is 8.42 Å².